The van der Waals surface area contributed by atoms with Crippen molar-refractivity contribution in [3.8, 4) is 11.3 Å². The molecule has 1 aromatic carbocycles. The summed E-state index contributed by atoms with van der Waals surface area (Å²) in [7, 11) is 0. The van der Waals surface area contributed by atoms with E-state index in [9.17, 15) is 0 Å². The number of aryl methyl sites for hydroxylation is 3. The second-order valence-corrected chi connectivity index (χ2v) is 4.98. The third-order valence-corrected chi connectivity index (χ3v) is 3.31. The van der Waals surface area contributed by atoms with Gasteiger partial charge in [-0.2, -0.15) is 0 Å². The summed E-state index contributed by atoms with van der Waals surface area (Å²) in [6.07, 6.45) is 3.82. The van der Waals surface area contributed by atoms with E-state index in [2.05, 4.69) is 42.9 Å². The van der Waals surface area contributed by atoms with E-state index in [0.717, 1.165) is 10.9 Å². The number of nitrogens with zero attached hydrogens (tertiary/aromatic N) is 2. The van der Waals surface area contributed by atoms with Crippen LogP contribution in [-0.4, -0.2) is 16.2 Å². The average molecular weight is 244 g/mol. The van der Waals surface area contributed by atoms with Gasteiger partial charge in [-0.05, 0) is 44.2 Å². The summed E-state index contributed by atoms with van der Waals surface area (Å²) in [6.45, 7) is 6.39. The van der Waals surface area contributed by atoms with Crippen LogP contribution in [0.5, 0.6) is 0 Å². The molecule has 2 nitrogen and oxygen atoms in total. The van der Waals surface area contributed by atoms with E-state index in [1.165, 1.54) is 22.3 Å². The van der Waals surface area contributed by atoms with Crippen molar-refractivity contribution in [2.45, 2.75) is 25.9 Å². The van der Waals surface area contributed by atoms with Gasteiger partial charge in [-0.1, -0.05) is 29.5 Å². The summed E-state index contributed by atoms with van der Waals surface area (Å²) in [5, 5.41) is 0.821. The molecule has 0 aliphatic rings. The Bertz CT molecular complexity index is 527. The molecule has 3 heteroatoms. The molecule has 0 aliphatic heterocycles. The van der Waals surface area contributed by atoms with Crippen LogP contribution in [0.4, 0.5) is 0 Å². The van der Waals surface area contributed by atoms with E-state index < -0.39 is 0 Å². The van der Waals surface area contributed by atoms with E-state index in [1.54, 1.807) is 11.8 Å². The van der Waals surface area contributed by atoms with Gasteiger partial charge in [-0.25, -0.2) is 9.97 Å². The van der Waals surface area contributed by atoms with Crippen LogP contribution in [0.2, 0.25) is 0 Å². The first-order chi connectivity index (χ1) is 8.11. The summed E-state index contributed by atoms with van der Waals surface area (Å²) in [5.74, 6) is 0. The Kier molecular flexibility index (Phi) is 3.48. The summed E-state index contributed by atoms with van der Waals surface area (Å²) in [4.78, 5) is 8.78. The van der Waals surface area contributed by atoms with Crippen molar-refractivity contribution < 1.29 is 0 Å². The Morgan fingerprint density at radius 3 is 2.29 bits per heavy atom. The second-order valence-electron chi connectivity index (χ2n) is 4.20. The monoisotopic (exact) mass is 244 g/mol. The van der Waals surface area contributed by atoms with E-state index in [4.69, 9.17) is 0 Å². The minimum atomic E-state index is 0.821. The predicted molar refractivity (Wildman–Crippen MR) is 73.5 cm³/mol. The predicted octanol–water partition coefficient (Wildman–Crippen LogP) is 3.79. The third-order valence-electron chi connectivity index (χ3n) is 2.75. The number of hydrogen-bond acceptors (Lipinski definition) is 3. The minimum Gasteiger partial charge on any atom is -0.231 e. The molecule has 17 heavy (non-hydrogen) atoms. The van der Waals surface area contributed by atoms with Gasteiger partial charge in [0, 0.05) is 11.8 Å². The van der Waals surface area contributed by atoms with Crippen LogP contribution in [0.25, 0.3) is 11.3 Å². The van der Waals surface area contributed by atoms with Crippen molar-refractivity contribution in [3.63, 3.8) is 0 Å². The summed E-state index contributed by atoms with van der Waals surface area (Å²) in [5.41, 5.74) is 6.08. The highest BCUT2D eigenvalue weighted by Crippen LogP contribution is 2.27. The molecule has 0 bridgehead atoms. The quantitative estimate of drug-likeness (QED) is 0.593. The fourth-order valence-corrected chi connectivity index (χ4v) is 2.52. The zero-order chi connectivity index (χ0) is 12.4. The van der Waals surface area contributed by atoms with E-state index >= 15 is 0 Å². The molecule has 0 saturated carbocycles. The highest BCUT2D eigenvalue weighted by molar-refractivity contribution is 7.98. The normalized spacial score (nSPS) is 10.6. The molecule has 2 rings (SSSR count). The van der Waals surface area contributed by atoms with Gasteiger partial charge in [0.25, 0.3) is 0 Å². The van der Waals surface area contributed by atoms with Gasteiger partial charge in [0.2, 0.25) is 0 Å². The standard InChI is InChI=1S/C14H16N2S/c1-9-7-10(2)13(11(3)8-9)12-5-6-15-14(16-12)17-4/h5-8H,1-4H3. The maximum Gasteiger partial charge on any atom is 0.187 e. The van der Waals surface area contributed by atoms with Crippen LogP contribution in [0, 0.1) is 20.8 Å². The molecular weight excluding hydrogens is 228 g/mol. The van der Waals surface area contributed by atoms with Crippen LogP contribution in [0.15, 0.2) is 29.6 Å². The first kappa shape index (κ1) is 12.1. The van der Waals surface area contributed by atoms with Crippen LogP contribution in [0.3, 0.4) is 0 Å². The lowest BCUT2D eigenvalue weighted by atomic mass is 9.97. The summed E-state index contributed by atoms with van der Waals surface area (Å²) in [6, 6.07) is 6.37. The van der Waals surface area contributed by atoms with Gasteiger partial charge in [-0.3, -0.25) is 0 Å². The lowest BCUT2D eigenvalue weighted by Crippen LogP contribution is -1.94. The Balaban J connectivity index is 2.60. The maximum atomic E-state index is 4.56. The lowest BCUT2D eigenvalue weighted by molar-refractivity contribution is 0.974. The highest BCUT2D eigenvalue weighted by atomic mass is 32.2. The molecule has 0 saturated heterocycles. The van der Waals surface area contributed by atoms with Crippen molar-refractivity contribution in [2.75, 3.05) is 6.26 Å². The van der Waals surface area contributed by atoms with Crippen LogP contribution >= 0.6 is 11.8 Å². The molecule has 0 aliphatic carbocycles. The Morgan fingerprint density at radius 2 is 1.71 bits per heavy atom. The fraction of sp³-hybridized carbons (Fsp3) is 0.286. The van der Waals surface area contributed by atoms with Crippen molar-refractivity contribution >= 4 is 11.8 Å². The van der Waals surface area contributed by atoms with Gasteiger partial charge >= 0.3 is 0 Å². The number of rotatable bonds is 2. The smallest absolute Gasteiger partial charge is 0.187 e. The Hall–Kier alpha value is -1.35. The Morgan fingerprint density at radius 1 is 1.06 bits per heavy atom. The molecule has 0 amide bonds. The largest absolute Gasteiger partial charge is 0.231 e. The van der Waals surface area contributed by atoms with Crippen LogP contribution < -0.4 is 0 Å². The van der Waals surface area contributed by atoms with Crippen molar-refractivity contribution in [3.05, 3.63) is 41.1 Å². The number of hydrogen-bond donors (Lipinski definition) is 0. The molecule has 0 N–H and O–H groups in total. The van der Waals surface area contributed by atoms with E-state index in [1.807, 2.05) is 18.5 Å². The molecule has 88 valence electrons. The first-order valence-electron chi connectivity index (χ1n) is 5.57. The molecule has 1 aromatic heterocycles. The van der Waals surface area contributed by atoms with Gasteiger partial charge in [0.15, 0.2) is 5.16 Å². The molecule has 0 fully saturated rings. The molecule has 1 heterocycles. The van der Waals surface area contributed by atoms with Crippen molar-refractivity contribution in [1.29, 1.82) is 0 Å². The molecule has 2 aromatic rings. The van der Waals surface area contributed by atoms with Crippen molar-refractivity contribution in [1.82, 2.24) is 9.97 Å². The SMILES string of the molecule is CSc1nccc(-c2c(C)cc(C)cc2C)n1. The van der Waals surface area contributed by atoms with Gasteiger partial charge in [-0.15, -0.1) is 0 Å². The molecule has 0 spiro atoms. The zero-order valence-corrected chi connectivity index (χ0v) is 11.4. The highest BCUT2D eigenvalue weighted by Gasteiger charge is 2.08. The average Bonchev–Trinajstić information content (AvgIpc) is 2.28. The third kappa shape index (κ3) is 2.50. The number of aromatic nitrogens is 2. The number of benzene rings is 1. The zero-order valence-electron chi connectivity index (χ0n) is 10.6. The van der Waals surface area contributed by atoms with E-state index in [0.29, 0.717) is 0 Å². The second kappa shape index (κ2) is 4.88. The first-order valence-corrected chi connectivity index (χ1v) is 6.79. The van der Waals surface area contributed by atoms with E-state index in [-0.39, 0.29) is 0 Å². The number of thioether (sulfide) groups is 1. The summed E-state index contributed by atoms with van der Waals surface area (Å²) >= 11 is 1.57. The molecular formula is C14H16N2S. The van der Waals surface area contributed by atoms with Crippen LogP contribution in [-0.2, 0) is 0 Å². The van der Waals surface area contributed by atoms with Crippen molar-refractivity contribution in [2.24, 2.45) is 0 Å². The maximum absolute atomic E-state index is 4.56. The molecule has 0 radical (unpaired) electrons. The van der Waals surface area contributed by atoms with Crippen LogP contribution in [0.1, 0.15) is 16.7 Å². The molecule has 0 atom stereocenters. The topological polar surface area (TPSA) is 25.8 Å². The minimum absolute atomic E-state index is 0.821. The molecule has 0 unspecified atom stereocenters. The summed E-state index contributed by atoms with van der Waals surface area (Å²) < 4.78 is 0. The van der Waals surface area contributed by atoms with Gasteiger partial charge < -0.3 is 0 Å². The van der Waals surface area contributed by atoms with Gasteiger partial charge in [0.1, 0.15) is 0 Å². The fourth-order valence-electron chi connectivity index (χ4n) is 2.16. The lowest BCUT2D eigenvalue weighted by Gasteiger charge is -2.11. The Labute approximate surface area is 107 Å². The van der Waals surface area contributed by atoms with Gasteiger partial charge in [0.05, 0.1) is 5.69 Å².